The molecule has 3 aromatic rings. The summed E-state index contributed by atoms with van der Waals surface area (Å²) in [5.41, 5.74) is 1.48. The molecule has 106 valence electrons. The first-order valence-electron chi connectivity index (χ1n) is 6.14. The van der Waals surface area contributed by atoms with E-state index in [2.05, 4.69) is 4.98 Å². The SMILES string of the molecule is O=C(O)C(Sc1nc2c(Cl)cccc2s1)c1ccccc1. The zero-order chi connectivity index (χ0) is 14.8. The van der Waals surface area contributed by atoms with Crippen LogP contribution in [0.4, 0.5) is 0 Å². The molecule has 1 aromatic heterocycles. The average Bonchev–Trinajstić information content (AvgIpc) is 2.90. The second kappa shape index (κ2) is 6.05. The Bertz CT molecular complexity index is 789. The van der Waals surface area contributed by atoms with E-state index in [-0.39, 0.29) is 0 Å². The summed E-state index contributed by atoms with van der Waals surface area (Å²) < 4.78 is 1.66. The van der Waals surface area contributed by atoms with E-state index in [1.807, 2.05) is 42.5 Å². The number of carbonyl (C=O) groups is 1. The van der Waals surface area contributed by atoms with Gasteiger partial charge >= 0.3 is 5.97 Å². The smallest absolute Gasteiger partial charge is 0.321 e. The summed E-state index contributed by atoms with van der Waals surface area (Å²) in [6.45, 7) is 0. The summed E-state index contributed by atoms with van der Waals surface area (Å²) in [7, 11) is 0. The van der Waals surface area contributed by atoms with Gasteiger partial charge in [-0.2, -0.15) is 0 Å². The number of thioether (sulfide) groups is 1. The Morgan fingerprint density at radius 1 is 1.19 bits per heavy atom. The molecule has 2 aromatic carbocycles. The molecular formula is C15H10ClNO2S2. The minimum absolute atomic E-state index is 0.585. The number of hydrogen-bond donors (Lipinski definition) is 1. The molecule has 0 spiro atoms. The molecule has 1 N–H and O–H groups in total. The van der Waals surface area contributed by atoms with Crippen LogP contribution in [0.25, 0.3) is 10.2 Å². The number of halogens is 1. The molecule has 0 saturated carbocycles. The summed E-state index contributed by atoms with van der Waals surface area (Å²) in [5.74, 6) is -0.878. The number of carboxylic acid groups (broad SMARTS) is 1. The van der Waals surface area contributed by atoms with Crippen LogP contribution < -0.4 is 0 Å². The first-order valence-corrected chi connectivity index (χ1v) is 8.22. The zero-order valence-electron chi connectivity index (χ0n) is 10.7. The second-order valence-corrected chi connectivity index (χ2v) is 7.10. The molecular weight excluding hydrogens is 326 g/mol. The monoisotopic (exact) mass is 335 g/mol. The summed E-state index contributed by atoms with van der Waals surface area (Å²) in [5, 5.41) is 9.36. The van der Waals surface area contributed by atoms with Crippen molar-refractivity contribution < 1.29 is 9.90 Å². The highest BCUT2D eigenvalue weighted by Gasteiger charge is 2.23. The van der Waals surface area contributed by atoms with Crippen molar-refractivity contribution in [2.24, 2.45) is 0 Å². The van der Waals surface area contributed by atoms with Gasteiger partial charge in [0.25, 0.3) is 0 Å². The first-order chi connectivity index (χ1) is 10.1. The summed E-state index contributed by atoms with van der Waals surface area (Å²) >= 11 is 8.79. The quantitative estimate of drug-likeness (QED) is 0.691. The van der Waals surface area contributed by atoms with Crippen molar-refractivity contribution in [3.05, 3.63) is 59.1 Å². The van der Waals surface area contributed by atoms with E-state index < -0.39 is 11.2 Å². The lowest BCUT2D eigenvalue weighted by atomic mass is 10.1. The summed E-state index contributed by atoms with van der Waals surface area (Å²) in [6.07, 6.45) is 0. The van der Waals surface area contributed by atoms with Gasteiger partial charge in [-0.05, 0) is 17.7 Å². The molecule has 0 aliphatic rings. The third-order valence-corrected chi connectivity index (χ3v) is 5.56. The average molecular weight is 336 g/mol. The first kappa shape index (κ1) is 14.4. The van der Waals surface area contributed by atoms with Gasteiger partial charge in [-0.25, -0.2) is 4.98 Å². The van der Waals surface area contributed by atoms with Crippen molar-refractivity contribution in [2.45, 2.75) is 9.59 Å². The molecule has 0 aliphatic heterocycles. The highest BCUT2D eigenvalue weighted by atomic mass is 35.5. The zero-order valence-corrected chi connectivity index (χ0v) is 13.1. The number of carboxylic acids is 1. The lowest BCUT2D eigenvalue weighted by Crippen LogP contribution is -2.07. The number of para-hydroxylation sites is 1. The number of hydrogen-bond acceptors (Lipinski definition) is 4. The van der Waals surface area contributed by atoms with Gasteiger partial charge in [0, 0.05) is 0 Å². The molecule has 0 bridgehead atoms. The summed E-state index contributed by atoms with van der Waals surface area (Å²) in [4.78, 5) is 16.0. The molecule has 6 heteroatoms. The maximum atomic E-state index is 11.5. The Morgan fingerprint density at radius 3 is 2.62 bits per heavy atom. The van der Waals surface area contributed by atoms with Crippen molar-refractivity contribution in [1.82, 2.24) is 4.98 Å². The Hall–Kier alpha value is -1.56. The highest BCUT2D eigenvalue weighted by molar-refractivity contribution is 8.02. The highest BCUT2D eigenvalue weighted by Crippen LogP contribution is 2.40. The summed E-state index contributed by atoms with van der Waals surface area (Å²) in [6, 6.07) is 14.7. The fraction of sp³-hybridized carbons (Fsp3) is 0.0667. The van der Waals surface area contributed by atoms with Crippen molar-refractivity contribution >= 4 is 50.9 Å². The van der Waals surface area contributed by atoms with Crippen molar-refractivity contribution in [2.75, 3.05) is 0 Å². The van der Waals surface area contributed by atoms with Crippen LogP contribution in [-0.2, 0) is 4.79 Å². The number of rotatable bonds is 4. The Kier molecular flexibility index (Phi) is 4.14. The number of thiazole rings is 1. The molecule has 0 amide bonds. The van der Waals surface area contributed by atoms with Crippen LogP contribution in [0.3, 0.4) is 0 Å². The second-order valence-electron chi connectivity index (χ2n) is 4.31. The number of fused-ring (bicyclic) bond motifs is 1. The van der Waals surface area contributed by atoms with Crippen LogP contribution in [0.1, 0.15) is 10.8 Å². The van der Waals surface area contributed by atoms with Crippen LogP contribution in [0, 0.1) is 0 Å². The maximum Gasteiger partial charge on any atom is 0.321 e. The molecule has 0 aliphatic carbocycles. The van der Waals surface area contributed by atoms with Crippen molar-refractivity contribution in [1.29, 1.82) is 0 Å². The third kappa shape index (κ3) is 3.05. The minimum atomic E-state index is -0.878. The van der Waals surface area contributed by atoms with Gasteiger partial charge in [-0.3, -0.25) is 4.79 Å². The lowest BCUT2D eigenvalue weighted by molar-refractivity contribution is -0.136. The standard InChI is InChI=1S/C15H10ClNO2S2/c16-10-7-4-8-11-12(10)17-15(20-11)21-13(14(18)19)9-5-2-1-3-6-9/h1-8,13H,(H,18,19). The molecule has 1 heterocycles. The molecule has 21 heavy (non-hydrogen) atoms. The fourth-order valence-corrected chi connectivity index (χ4v) is 4.42. The number of aromatic nitrogens is 1. The minimum Gasteiger partial charge on any atom is -0.480 e. The van der Waals surface area contributed by atoms with Crippen molar-refractivity contribution in [3.63, 3.8) is 0 Å². The van der Waals surface area contributed by atoms with Crippen LogP contribution in [0.15, 0.2) is 52.9 Å². The van der Waals surface area contributed by atoms with E-state index >= 15 is 0 Å². The Labute approximate surface area is 134 Å². The van der Waals surface area contributed by atoms with E-state index in [9.17, 15) is 9.90 Å². The molecule has 1 atom stereocenters. The van der Waals surface area contributed by atoms with Crippen LogP contribution in [0.5, 0.6) is 0 Å². The van der Waals surface area contributed by atoms with Gasteiger partial charge in [0.1, 0.15) is 10.8 Å². The molecule has 0 radical (unpaired) electrons. The van der Waals surface area contributed by atoms with E-state index in [1.165, 1.54) is 23.1 Å². The third-order valence-electron chi connectivity index (χ3n) is 2.90. The van der Waals surface area contributed by atoms with Gasteiger partial charge in [-0.1, -0.05) is 59.8 Å². The van der Waals surface area contributed by atoms with Gasteiger partial charge in [0.15, 0.2) is 4.34 Å². The van der Waals surface area contributed by atoms with E-state index in [0.717, 1.165) is 15.8 Å². The van der Waals surface area contributed by atoms with Gasteiger partial charge in [-0.15, -0.1) is 11.3 Å². The molecule has 1 unspecified atom stereocenters. The fourth-order valence-electron chi connectivity index (χ4n) is 1.93. The van der Waals surface area contributed by atoms with Crippen molar-refractivity contribution in [3.8, 4) is 0 Å². The van der Waals surface area contributed by atoms with Gasteiger partial charge in [0.05, 0.1) is 9.72 Å². The van der Waals surface area contributed by atoms with E-state index in [4.69, 9.17) is 11.6 Å². The molecule has 0 fully saturated rings. The van der Waals surface area contributed by atoms with E-state index in [1.54, 1.807) is 6.07 Å². The predicted molar refractivity (Wildman–Crippen MR) is 87.3 cm³/mol. The van der Waals surface area contributed by atoms with Crippen LogP contribution in [0.2, 0.25) is 5.02 Å². The largest absolute Gasteiger partial charge is 0.480 e. The van der Waals surface area contributed by atoms with Gasteiger partial charge in [0.2, 0.25) is 0 Å². The number of nitrogens with zero attached hydrogens (tertiary/aromatic N) is 1. The predicted octanol–water partition coefficient (Wildman–Crippen LogP) is 4.87. The topological polar surface area (TPSA) is 50.2 Å². The Morgan fingerprint density at radius 2 is 1.95 bits per heavy atom. The lowest BCUT2D eigenvalue weighted by Gasteiger charge is -2.09. The molecule has 3 nitrogen and oxygen atoms in total. The van der Waals surface area contributed by atoms with Crippen LogP contribution >= 0.6 is 34.7 Å². The van der Waals surface area contributed by atoms with Gasteiger partial charge < -0.3 is 5.11 Å². The molecule has 3 rings (SSSR count). The number of aliphatic carboxylic acids is 1. The Balaban J connectivity index is 1.95. The normalized spacial score (nSPS) is 12.4. The maximum absolute atomic E-state index is 11.5. The van der Waals surface area contributed by atoms with E-state index in [0.29, 0.717) is 9.36 Å². The van der Waals surface area contributed by atoms with Crippen LogP contribution in [-0.4, -0.2) is 16.1 Å². The molecule has 0 saturated heterocycles. The number of benzene rings is 2.